The summed E-state index contributed by atoms with van der Waals surface area (Å²) in [4.78, 5) is 18.7. The molecule has 0 bridgehead atoms. The molecule has 0 saturated carbocycles. The van der Waals surface area contributed by atoms with Crippen LogP contribution in [0.2, 0.25) is 5.02 Å². The predicted molar refractivity (Wildman–Crippen MR) is 103 cm³/mol. The molecule has 0 spiro atoms. The fourth-order valence-electron chi connectivity index (χ4n) is 2.60. The maximum atomic E-state index is 12.6. The minimum absolute atomic E-state index is 0.00564. The van der Waals surface area contributed by atoms with Gasteiger partial charge in [0.25, 0.3) is 0 Å². The molecule has 1 aromatic heterocycles. The SMILES string of the molecule is CCN(Cc1nc(-c2ccc(Cl)cc2)no1)C(=O)Cc1ccc(OC)cc1. The van der Waals surface area contributed by atoms with Gasteiger partial charge in [-0.3, -0.25) is 4.79 Å². The lowest BCUT2D eigenvalue weighted by Gasteiger charge is -2.18. The summed E-state index contributed by atoms with van der Waals surface area (Å²) in [7, 11) is 1.61. The van der Waals surface area contributed by atoms with Crippen LogP contribution < -0.4 is 4.74 Å². The van der Waals surface area contributed by atoms with Crippen molar-refractivity contribution >= 4 is 17.5 Å². The number of ether oxygens (including phenoxy) is 1. The van der Waals surface area contributed by atoms with E-state index in [1.54, 1.807) is 24.1 Å². The highest BCUT2D eigenvalue weighted by atomic mass is 35.5. The molecule has 0 radical (unpaired) electrons. The van der Waals surface area contributed by atoms with Gasteiger partial charge in [0.05, 0.1) is 20.1 Å². The molecule has 3 aromatic rings. The third-order valence-corrected chi connectivity index (χ3v) is 4.40. The van der Waals surface area contributed by atoms with Gasteiger partial charge in [-0.05, 0) is 48.9 Å². The summed E-state index contributed by atoms with van der Waals surface area (Å²) in [5.41, 5.74) is 1.73. The van der Waals surface area contributed by atoms with Gasteiger partial charge in [0.15, 0.2) is 0 Å². The van der Waals surface area contributed by atoms with Crippen molar-refractivity contribution in [2.45, 2.75) is 19.9 Å². The van der Waals surface area contributed by atoms with Crippen molar-refractivity contribution in [2.75, 3.05) is 13.7 Å². The number of methoxy groups -OCH3 is 1. The first-order valence-electron chi connectivity index (χ1n) is 8.58. The number of halogens is 1. The Bertz CT molecular complexity index is 892. The molecule has 3 rings (SSSR count). The van der Waals surface area contributed by atoms with E-state index in [9.17, 15) is 4.79 Å². The van der Waals surface area contributed by atoms with Crippen molar-refractivity contribution in [1.29, 1.82) is 0 Å². The van der Waals surface area contributed by atoms with Gasteiger partial charge in [0.2, 0.25) is 17.6 Å². The largest absolute Gasteiger partial charge is 0.497 e. The van der Waals surface area contributed by atoms with Crippen molar-refractivity contribution in [2.24, 2.45) is 0 Å². The number of hydrogen-bond acceptors (Lipinski definition) is 5. The van der Waals surface area contributed by atoms with Crippen LogP contribution >= 0.6 is 11.6 Å². The molecule has 27 heavy (non-hydrogen) atoms. The highest BCUT2D eigenvalue weighted by Gasteiger charge is 2.17. The third-order valence-electron chi connectivity index (χ3n) is 4.15. The molecule has 0 aliphatic carbocycles. The summed E-state index contributed by atoms with van der Waals surface area (Å²) < 4.78 is 10.4. The minimum atomic E-state index is -0.00564. The van der Waals surface area contributed by atoms with E-state index in [0.29, 0.717) is 29.7 Å². The van der Waals surface area contributed by atoms with Crippen LogP contribution in [0.3, 0.4) is 0 Å². The second-order valence-corrected chi connectivity index (χ2v) is 6.39. The van der Waals surface area contributed by atoms with E-state index in [2.05, 4.69) is 10.1 Å². The average Bonchev–Trinajstić information content (AvgIpc) is 3.16. The number of carbonyl (C=O) groups excluding carboxylic acids is 1. The van der Waals surface area contributed by atoms with Crippen LogP contribution in [0.15, 0.2) is 53.1 Å². The quantitative estimate of drug-likeness (QED) is 0.615. The topological polar surface area (TPSA) is 68.5 Å². The molecule has 0 aliphatic rings. The number of carbonyl (C=O) groups is 1. The fraction of sp³-hybridized carbons (Fsp3) is 0.250. The normalized spacial score (nSPS) is 10.6. The first-order valence-corrected chi connectivity index (χ1v) is 8.96. The zero-order chi connectivity index (χ0) is 19.2. The first kappa shape index (κ1) is 18.9. The number of rotatable bonds is 7. The van der Waals surface area contributed by atoms with Crippen molar-refractivity contribution in [3.05, 3.63) is 65.0 Å². The molecule has 0 N–H and O–H groups in total. The van der Waals surface area contributed by atoms with Gasteiger partial charge in [0.1, 0.15) is 5.75 Å². The van der Waals surface area contributed by atoms with Crippen molar-refractivity contribution in [1.82, 2.24) is 15.0 Å². The molecule has 1 amide bonds. The van der Waals surface area contributed by atoms with Crippen LogP contribution in [0, 0.1) is 0 Å². The van der Waals surface area contributed by atoms with Crippen LogP contribution in [0.5, 0.6) is 5.75 Å². The summed E-state index contributed by atoms with van der Waals surface area (Å²) in [6.45, 7) is 2.74. The van der Waals surface area contributed by atoms with Crippen molar-refractivity contribution in [3.63, 3.8) is 0 Å². The zero-order valence-corrected chi connectivity index (χ0v) is 15.9. The standard InChI is InChI=1S/C20H20ClN3O3/c1-3-24(19(25)12-14-4-10-17(26-2)11-5-14)13-18-22-20(23-27-18)15-6-8-16(21)9-7-15/h4-11H,3,12-13H2,1-2H3. The zero-order valence-electron chi connectivity index (χ0n) is 15.2. The van der Waals surface area contributed by atoms with Crippen LogP contribution in [0.25, 0.3) is 11.4 Å². The Morgan fingerprint density at radius 3 is 2.48 bits per heavy atom. The monoisotopic (exact) mass is 385 g/mol. The summed E-state index contributed by atoms with van der Waals surface area (Å²) in [5, 5.41) is 4.63. The number of benzene rings is 2. The third kappa shape index (κ3) is 4.86. The van der Waals surface area contributed by atoms with Crippen LogP contribution in [0.4, 0.5) is 0 Å². The van der Waals surface area contributed by atoms with Gasteiger partial charge >= 0.3 is 0 Å². The maximum Gasteiger partial charge on any atom is 0.246 e. The predicted octanol–water partition coefficient (Wildman–Crippen LogP) is 3.99. The van der Waals surface area contributed by atoms with E-state index in [-0.39, 0.29) is 12.5 Å². The molecular weight excluding hydrogens is 366 g/mol. The number of likely N-dealkylation sites (N-methyl/N-ethyl adjacent to an activating group) is 1. The summed E-state index contributed by atoms with van der Waals surface area (Å²) in [6, 6.07) is 14.6. The summed E-state index contributed by atoms with van der Waals surface area (Å²) in [6.07, 6.45) is 0.302. The van der Waals surface area contributed by atoms with E-state index in [0.717, 1.165) is 16.9 Å². The molecule has 7 heteroatoms. The molecule has 0 fully saturated rings. The molecule has 2 aromatic carbocycles. The molecule has 0 aliphatic heterocycles. The van der Waals surface area contributed by atoms with E-state index in [1.165, 1.54) is 0 Å². The Morgan fingerprint density at radius 2 is 1.85 bits per heavy atom. The van der Waals surface area contributed by atoms with E-state index in [1.807, 2.05) is 43.3 Å². The minimum Gasteiger partial charge on any atom is -0.497 e. The molecular formula is C20H20ClN3O3. The Kier molecular flexibility index (Phi) is 6.08. The maximum absolute atomic E-state index is 12.6. The number of hydrogen-bond donors (Lipinski definition) is 0. The average molecular weight is 386 g/mol. The number of nitrogens with zero attached hydrogens (tertiary/aromatic N) is 3. The first-order chi connectivity index (χ1) is 13.1. The van der Waals surface area contributed by atoms with E-state index in [4.69, 9.17) is 20.9 Å². The van der Waals surface area contributed by atoms with Crippen LogP contribution in [-0.4, -0.2) is 34.6 Å². The van der Waals surface area contributed by atoms with Gasteiger partial charge in [-0.1, -0.05) is 28.9 Å². The highest BCUT2D eigenvalue weighted by molar-refractivity contribution is 6.30. The second-order valence-electron chi connectivity index (χ2n) is 5.95. The summed E-state index contributed by atoms with van der Waals surface area (Å²) >= 11 is 5.89. The second kappa shape index (κ2) is 8.68. The lowest BCUT2D eigenvalue weighted by molar-refractivity contribution is -0.131. The molecule has 0 unspecified atom stereocenters. The Labute approximate surface area is 162 Å². The Hall–Kier alpha value is -2.86. The Morgan fingerprint density at radius 1 is 1.15 bits per heavy atom. The number of amides is 1. The van der Waals surface area contributed by atoms with Gasteiger partial charge in [-0.15, -0.1) is 0 Å². The summed E-state index contributed by atoms with van der Waals surface area (Å²) in [5.74, 6) is 1.62. The molecule has 0 saturated heterocycles. The van der Waals surface area contributed by atoms with Crippen molar-refractivity contribution in [3.8, 4) is 17.1 Å². The van der Waals surface area contributed by atoms with Gasteiger partial charge in [0, 0.05) is 17.1 Å². The van der Waals surface area contributed by atoms with Crippen LogP contribution in [-0.2, 0) is 17.8 Å². The molecule has 140 valence electrons. The lowest BCUT2D eigenvalue weighted by Crippen LogP contribution is -2.31. The fourth-order valence-corrected chi connectivity index (χ4v) is 2.73. The van der Waals surface area contributed by atoms with Gasteiger partial charge in [-0.25, -0.2) is 0 Å². The molecule has 6 nitrogen and oxygen atoms in total. The van der Waals surface area contributed by atoms with Gasteiger partial charge < -0.3 is 14.2 Å². The Balaban J connectivity index is 1.65. The van der Waals surface area contributed by atoms with Crippen LogP contribution in [0.1, 0.15) is 18.4 Å². The lowest BCUT2D eigenvalue weighted by atomic mass is 10.1. The van der Waals surface area contributed by atoms with Crippen molar-refractivity contribution < 1.29 is 14.1 Å². The number of aromatic nitrogens is 2. The molecule has 0 atom stereocenters. The smallest absolute Gasteiger partial charge is 0.246 e. The molecule has 1 heterocycles. The van der Waals surface area contributed by atoms with Gasteiger partial charge in [-0.2, -0.15) is 4.98 Å². The highest BCUT2D eigenvalue weighted by Crippen LogP contribution is 2.19. The van der Waals surface area contributed by atoms with E-state index >= 15 is 0 Å². The van der Waals surface area contributed by atoms with E-state index < -0.39 is 0 Å².